The Morgan fingerprint density at radius 3 is 2.04 bits per heavy atom. The Kier molecular flexibility index (Phi) is 12.1. The van der Waals surface area contributed by atoms with Crippen molar-refractivity contribution in [3.63, 3.8) is 0 Å². The van der Waals surface area contributed by atoms with Gasteiger partial charge in [0.1, 0.15) is 30.5 Å². The van der Waals surface area contributed by atoms with Gasteiger partial charge in [-0.25, -0.2) is 0 Å². The van der Waals surface area contributed by atoms with Crippen molar-refractivity contribution < 1.29 is 47.1 Å². The summed E-state index contributed by atoms with van der Waals surface area (Å²) in [5.74, 6) is -2.19. The van der Waals surface area contributed by atoms with Crippen molar-refractivity contribution >= 4 is 55.0 Å². The van der Waals surface area contributed by atoms with Gasteiger partial charge in [0.25, 0.3) is 3.79 Å². The van der Waals surface area contributed by atoms with Crippen molar-refractivity contribution in [2.24, 2.45) is 0 Å². The molecule has 10 atom stereocenters. The molecular formula is C32H48Cl3NO10Si. The minimum atomic E-state index is -2.61. The Balaban J connectivity index is 1.70. The van der Waals surface area contributed by atoms with Gasteiger partial charge in [-0.3, -0.25) is 10.2 Å². The summed E-state index contributed by atoms with van der Waals surface area (Å²) in [7, 11) is -2.61. The van der Waals surface area contributed by atoms with Gasteiger partial charge in [-0.15, -0.1) is 0 Å². The Morgan fingerprint density at radius 1 is 0.894 bits per heavy atom. The summed E-state index contributed by atoms with van der Waals surface area (Å²) >= 11 is 18.0. The summed E-state index contributed by atoms with van der Waals surface area (Å²) in [5, 5.41) is 8.05. The Morgan fingerprint density at radius 2 is 1.47 bits per heavy atom. The normalized spacial score (nSPS) is 34.4. The molecule has 0 aliphatic carbocycles. The van der Waals surface area contributed by atoms with E-state index < -0.39 is 91.2 Å². The zero-order valence-corrected chi connectivity index (χ0v) is 31.9. The fourth-order valence-electron chi connectivity index (χ4n) is 5.58. The van der Waals surface area contributed by atoms with E-state index in [0.29, 0.717) is 6.61 Å². The van der Waals surface area contributed by atoms with Gasteiger partial charge in [-0.2, -0.15) is 0 Å². The molecule has 1 aromatic rings. The van der Waals surface area contributed by atoms with E-state index in [1.165, 1.54) is 6.92 Å². The molecule has 47 heavy (non-hydrogen) atoms. The topological polar surface area (TPSA) is 124 Å². The van der Waals surface area contributed by atoms with E-state index in [2.05, 4.69) is 20.8 Å². The van der Waals surface area contributed by atoms with Gasteiger partial charge in [-0.05, 0) is 51.4 Å². The van der Waals surface area contributed by atoms with Crippen LogP contribution in [-0.4, -0.2) is 91.2 Å². The Bertz CT molecular complexity index is 1240. The quantitative estimate of drug-likeness (QED) is 0.0968. The average Bonchev–Trinajstić information content (AvgIpc) is 3.26. The maximum atomic E-state index is 12.4. The second kappa shape index (κ2) is 14.7. The summed E-state index contributed by atoms with van der Waals surface area (Å²) in [5.41, 5.74) is 1.00. The second-order valence-electron chi connectivity index (χ2n) is 14.2. The first-order chi connectivity index (χ1) is 21.6. The molecule has 3 aliphatic heterocycles. The zero-order chi connectivity index (χ0) is 35.1. The van der Waals surface area contributed by atoms with Gasteiger partial charge in [0.2, 0.25) is 12.2 Å². The van der Waals surface area contributed by atoms with Gasteiger partial charge < -0.3 is 42.3 Å². The molecule has 3 aliphatic rings. The van der Waals surface area contributed by atoms with Crippen LogP contribution in [0.1, 0.15) is 61.0 Å². The third kappa shape index (κ3) is 9.40. The highest BCUT2D eigenvalue weighted by atomic mass is 35.6. The van der Waals surface area contributed by atoms with Gasteiger partial charge >= 0.3 is 5.97 Å². The molecule has 0 saturated carbocycles. The lowest BCUT2D eigenvalue weighted by atomic mass is 9.97. The fraction of sp³-hybridized carbons (Fsp3) is 0.750. The van der Waals surface area contributed by atoms with E-state index in [1.54, 1.807) is 6.92 Å². The van der Waals surface area contributed by atoms with Gasteiger partial charge in [0.05, 0.1) is 18.8 Å². The predicted molar refractivity (Wildman–Crippen MR) is 179 cm³/mol. The molecular weight excluding hydrogens is 693 g/mol. The zero-order valence-electron chi connectivity index (χ0n) is 28.6. The standard InChI is InChI=1S/C32H48Cl3NO10Si/c1-17-21(38-16-20-14-12-11-13-15-20)24-25(45-31(7,8)44-24)27(39-17)42-23-22(41-19(3)37)18(2)40-28(43-29(36)32(33,34)35)26(23)46-47(9,10)30(4,5)6/h11-15,17-18,21-28,36H,16H2,1-10H3/t17?,18?,21-,22-,23+,24?,25-,26?,27-,28+/m0/s1. The van der Waals surface area contributed by atoms with Crippen LogP contribution < -0.4 is 0 Å². The predicted octanol–water partition coefficient (Wildman–Crippen LogP) is 6.65. The Labute approximate surface area is 293 Å². The summed E-state index contributed by atoms with van der Waals surface area (Å²) in [6, 6.07) is 9.82. The van der Waals surface area contributed by atoms with E-state index in [0.717, 1.165) is 5.56 Å². The molecule has 1 N–H and O–H groups in total. The summed E-state index contributed by atoms with van der Waals surface area (Å²) in [4.78, 5) is 12.4. The van der Waals surface area contributed by atoms with Crippen molar-refractivity contribution in [2.75, 3.05) is 0 Å². The van der Waals surface area contributed by atoms with Gasteiger partial charge in [0.15, 0.2) is 26.5 Å². The lowest BCUT2D eigenvalue weighted by Gasteiger charge is -2.50. The second-order valence-corrected chi connectivity index (χ2v) is 21.2. The van der Waals surface area contributed by atoms with Crippen LogP contribution in [0.2, 0.25) is 18.1 Å². The largest absolute Gasteiger partial charge is 0.457 e. The van der Waals surface area contributed by atoms with Crippen LogP contribution in [0.5, 0.6) is 0 Å². The number of fused-ring (bicyclic) bond motifs is 1. The first kappa shape index (κ1) is 38.8. The van der Waals surface area contributed by atoms with Crippen LogP contribution in [0, 0.1) is 5.41 Å². The molecule has 4 rings (SSSR count). The number of carbonyl (C=O) groups excluding carboxylic acids is 1. The first-order valence-electron chi connectivity index (χ1n) is 15.7. The number of hydrogen-bond acceptors (Lipinski definition) is 11. The minimum absolute atomic E-state index is 0.262. The summed E-state index contributed by atoms with van der Waals surface area (Å²) < 4.78 is 54.9. The highest BCUT2D eigenvalue weighted by Gasteiger charge is 2.59. The molecule has 0 spiro atoms. The van der Waals surface area contributed by atoms with E-state index in [9.17, 15) is 4.79 Å². The minimum Gasteiger partial charge on any atom is -0.457 e. The number of benzene rings is 1. The third-order valence-electron chi connectivity index (χ3n) is 8.90. The van der Waals surface area contributed by atoms with E-state index in [1.807, 2.05) is 64.2 Å². The van der Waals surface area contributed by atoms with Crippen LogP contribution >= 0.6 is 34.8 Å². The SMILES string of the molecule is CC(=O)O[C@H]1C(C)O[C@H](OC(=N)C(Cl)(Cl)Cl)C(O[Si](C)(C)C(C)(C)C)[C@@H]1O[C@@H]1OC(C)[C@H](OCc2ccccc2)C2OC(C)(C)O[C@@H]21. The molecule has 0 aromatic heterocycles. The number of rotatable bonds is 9. The number of hydrogen-bond donors (Lipinski definition) is 1. The summed E-state index contributed by atoms with van der Waals surface area (Å²) in [6.45, 7) is 19.2. The molecule has 0 bridgehead atoms. The molecule has 1 aromatic carbocycles. The van der Waals surface area contributed by atoms with Crippen LogP contribution in [0.15, 0.2) is 30.3 Å². The Hall–Kier alpha value is -1.03. The average molecular weight is 741 g/mol. The molecule has 0 radical (unpaired) electrons. The number of carbonyl (C=O) groups is 1. The number of nitrogens with one attached hydrogen (secondary N) is 1. The molecule has 266 valence electrons. The number of halogens is 3. The lowest BCUT2D eigenvalue weighted by Crippen LogP contribution is -2.66. The molecule has 0 amide bonds. The first-order valence-corrected chi connectivity index (χ1v) is 19.8. The van der Waals surface area contributed by atoms with Crippen molar-refractivity contribution in [1.82, 2.24) is 0 Å². The molecule has 3 heterocycles. The van der Waals surface area contributed by atoms with Crippen LogP contribution in [0.25, 0.3) is 0 Å². The monoisotopic (exact) mass is 739 g/mol. The highest BCUT2D eigenvalue weighted by Crippen LogP contribution is 2.44. The lowest BCUT2D eigenvalue weighted by molar-refractivity contribution is -0.340. The van der Waals surface area contributed by atoms with E-state index >= 15 is 0 Å². The summed E-state index contributed by atoms with van der Waals surface area (Å²) in [6.07, 6.45) is -8.38. The van der Waals surface area contributed by atoms with Gasteiger partial charge in [0, 0.05) is 6.92 Å². The van der Waals surface area contributed by atoms with E-state index in [4.69, 9.17) is 82.5 Å². The number of ether oxygens (including phenoxy) is 8. The smallest absolute Gasteiger partial charge is 0.303 e. The van der Waals surface area contributed by atoms with Gasteiger partial charge in [-0.1, -0.05) is 85.9 Å². The maximum Gasteiger partial charge on any atom is 0.303 e. The number of alkyl halides is 3. The molecule has 11 nitrogen and oxygen atoms in total. The van der Waals surface area contributed by atoms with E-state index in [-0.39, 0.29) is 5.04 Å². The molecule has 3 fully saturated rings. The van der Waals surface area contributed by atoms with Crippen molar-refractivity contribution in [1.29, 1.82) is 5.41 Å². The fourth-order valence-corrected chi connectivity index (χ4v) is 6.99. The van der Waals surface area contributed by atoms with Crippen molar-refractivity contribution in [3.05, 3.63) is 35.9 Å². The van der Waals surface area contributed by atoms with Crippen molar-refractivity contribution in [2.45, 2.75) is 151 Å². The van der Waals surface area contributed by atoms with Crippen molar-refractivity contribution in [3.8, 4) is 0 Å². The maximum absolute atomic E-state index is 12.4. The van der Waals surface area contributed by atoms with Crippen LogP contribution in [-0.2, 0) is 53.7 Å². The number of esters is 1. The molecule has 15 heteroatoms. The molecule has 4 unspecified atom stereocenters. The van der Waals surface area contributed by atoms with Crippen LogP contribution in [0.3, 0.4) is 0 Å². The highest BCUT2D eigenvalue weighted by molar-refractivity contribution is 6.76. The molecule has 3 saturated heterocycles. The third-order valence-corrected chi connectivity index (χ3v) is 13.9. The van der Waals surface area contributed by atoms with Crippen LogP contribution in [0.4, 0.5) is 0 Å².